The molecule has 1 N–H and O–H groups in total. The standard InChI is InChI=1S/C9H10BrNO2S/c10-7-2-4-14-8(7)9(13)11-3-1-6(12)5-11/h2,4,6,12H,1,3,5H2. The number of hydrogen-bond acceptors (Lipinski definition) is 3. The predicted molar refractivity (Wildman–Crippen MR) is 58.5 cm³/mol. The summed E-state index contributed by atoms with van der Waals surface area (Å²) < 4.78 is 0.842. The molecule has 1 unspecified atom stereocenters. The van der Waals surface area contributed by atoms with Crippen molar-refractivity contribution in [3.63, 3.8) is 0 Å². The molecule has 76 valence electrons. The summed E-state index contributed by atoms with van der Waals surface area (Å²) in [5, 5.41) is 11.2. The normalized spacial score (nSPS) is 21.6. The maximum absolute atomic E-state index is 11.9. The second-order valence-corrected chi connectivity index (χ2v) is 5.06. The highest BCUT2D eigenvalue weighted by molar-refractivity contribution is 9.10. The van der Waals surface area contributed by atoms with Gasteiger partial charge in [-0.15, -0.1) is 11.3 Å². The molecule has 0 aromatic carbocycles. The van der Waals surface area contributed by atoms with Gasteiger partial charge in [-0.2, -0.15) is 0 Å². The fourth-order valence-corrected chi connectivity index (χ4v) is 3.02. The number of halogens is 1. The van der Waals surface area contributed by atoms with Gasteiger partial charge in [0.2, 0.25) is 0 Å². The first-order valence-corrected chi connectivity index (χ1v) is 6.06. The fourth-order valence-electron chi connectivity index (χ4n) is 1.52. The lowest BCUT2D eigenvalue weighted by molar-refractivity contribution is 0.0769. The first-order chi connectivity index (χ1) is 6.68. The summed E-state index contributed by atoms with van der Waals surface area (Å²) in [7, 11) is 0. The summed E-state index contributed by atoms with van der Waals surface area (Å²) in [6, 6.07) is 1.87. The number of rotatable bonds is 1. The monoisotopic (exact) mass is 275 g/mol. The Kier molecular flexibility index (Phi) is 2.90. The van der Waals surface area contributed by atoms with Crippen molar-refractivity contribution < 1.29 is 9.90 Å². The first-order valence-electron chi connectivity index (χ1n) is 4.39. The average Bonchev–Trinajstić information content (AvgIpc) is 2.73. The third-order valence-corrected chi connectivity index (χ3v) is 4.09. The number of amides is 1. The van der Waals surface area contributed by atoms with Crippen LogP contribution >= 0.6 is 27.3 Å². The van der Waals surface area contributed by atoms with E-state index in [0.717, 1.165) is 9.35 Å². The number of likely N-dealkylation sites (tertiary alicyclic amines) is 1. The zero-order valence-electron chi connectivity index (χ0n) is 7.44. The lowest BCUT2D eigenvalue weighted by atomic mass is 10.3. The highest BCUT2D eigenvalue weighted by atomic mass is 79.9. The molecular weight excluding hydrogens is 266 g/mol. The zero-order chi connectivity index (χ0) is 10.1. The quantitative estimate of drug-likeness (QED) is 0.848. The summed E-state index contributed by atoms with van der Waals surface area (Å²) in [5.41, 5.74) is 0. The largest absolute Gasteiger partial charge is 0.391 e. The van der Waals surface area contributed by atoms with E-state index in [-0.39, 0.29) is 12.0 Å². The van der Waals surface area contributed by atoms with Crippen LogP contribution in [0.5, 0.6) is 0 Å². The molecule has 0 aliphatic carbocycles. The SMILES string of the molecule is O=C(c1sccc1Br)N1CCC(O)C1. The van der Waals surface area contributed by atoms with Gasteiger partial charge in [-0.1, -0.05) is 0 Å². The highest BCUT2D eigenvalue weighted by Gasteiger charge is 2.26. The van der Waals surface area contributed by atoms with E-state index >= 15 is 0 Å². The van der Waals surface area contributed by atoms with E-state index in [1.165, 1.54) is 11.3 Å². The molecule has 1 aliphatic heterocycles. The van der Waals surface area contributed by atoms with E-state index in [4.69, 9.17) is 0 Å². The van der Waals surface area contributed by atoms with E-state index in [9.17, 15) is 9.90 Å². The summed E-state index contributed by atoms with van der Waals surface area (Å²) in [6.45, 7) is 1.12. The van der Waals surface area contributed by atoms with E-state index in [1.54, 1.807) is 4.90 Å². The number of hydrogen-bond donors (Lipinski definition) is 1. The minimum atomic E-state index is -0.349. The number of aliphatic hydroxyl groups is 1. The van der Waals surface area contributed by atoms with Crippen molar-refractivity contribution >= 4 is 33.2 Å². The van der Waals surface area contributed by atoms with Gasteiger partial charge >= 0.3 is 0 Å². The van der Waals surface area contributed by atoms with Gasteiger partial charge in [0.05, 0.1) is 6.10 Å². The Bertz CT molecular complexity index is 352. The van der Waals surface area contributed by atoms with Crippen molar-refractivity contribution in [2.45, 2.75) is 12.5 Å². The van der Waals surface area contributed by atoms with Gasteiger partial charge in [-0.3, -0.25) is 4.79 Å². The molecule has 5 heteroatoms. The second-order valence-electron chi connectivity index (χ2n) is 3.29. The van der Waals surface area contributed by atoms with Crippen molar-refractivity contribution in [3.05, 3.63) is 20.8 Å². The molecule has 1 atom stereocenters. The number of β-amino-alcohol motifs (C(OH)–C–C–N with tert-alkyl or cyclic N) is 1. The predicted octanol–water partition coefficient (Wildman–Crippen LogP) is 1.72. The number of thiophene rings is 1. The summed E-state index contributed by atoms with van der Waals surface area (Å²) in [4.78, 5) is 14.3. The molecule has 1 fully saturated rings. The Morgan fingerprint density at radius 2 is 2.50 bits per heavy atom. The van der Waals surface area contributed by atoms with Gasteiger partial charge in [0.15, 0.2) is 0 Å². The Balaban J connectivity index is 2.13. The molecule has 0 radical (unpaired) electrons. The number of aliphatic hydroxyl groups excluding tert-OH is 1. The summed E-state index contributed by atoms with van der Waals surface area (Å²) in [5.74, 6) is 0.0171. The zero-order valence-corrected chi connectivity index (χ0v) is 9.84. The van der Waals surface area contributed by atoms with Gasteiger partial charge in [0.25, 0.3) is 5.91 Å². The molecule has 2 rings (SSSR count). The Hall–Kier alpha value is -0.390. The molecule has 1 saturated heterocycles. The van der Waals surface area contributed by atoms with Crippen LogP contribution in [0.1, 0.15) is 16.1 Å². The third kappa shape index (κ3) is 1.85. The van der Waals surface area contributed by atoms with E-state index in [2.05, 4.69) is 15.9 Å². The van der Waals surface area contributed by atoms with Gasteiger partial charge in [-0.05, 0) is 33.8 Å². The van der Waals surface area contributed by atoms with Crippen molar-refractivity contribution in [1.29, 1.82) is 0 Å². The van der Waals surface area contributed by atoms with Crippen LogP contribution in [-0.4, -0.2) is 35.1 Å². The molecule has 0 saturated carbocycles. The Labute approximate surface area is 94.5 Å². The molecule has 3 nitrogen and oxygen atoms in total. The van der Waals surface area contributed by atoms with Crippen molar-refractivity contribution in [2.75, 3.05) is 13.1 Å². The molecule has 0 bridgehead atoms. The number of carbonyl (C=O) groups is 1. The lowest BCUT2D eigenvalue weighted by Gasteiger charge is -2.14. The van der Waals surface area contributed by atoms with Gasteiger partial charge in [0, 0.05) is 17.6 Å². The molecular formula is C9H10BrNO2S. The molecule has 1 aromatic rings. The van der Waals surface area contributed by atoms with Crippen LogP contribution in [0.4, 0.5) is 0 Å². The van der Waals surface area contributed by atoms with Crippen molar-refractivity contribution in [2.24, 2.45) is 0 Å². The first kappa shape index (κ1) is 10.1. The lowest BCUT2D eigenvalue weighted by Crippen LogP contribution is -2.29. The molecule has 14 heavy (non-hydrogen) atoms. The smallest absolute Gasteiger partial charge is 0.265 e. The van der Waals surface area contributed by atoms with Crippen LogP contribution in [0.2, 0.25) is 0 Å². The number of carbonyl (C=O) groups excluding carboxylic acids is 1. The highest BCUT2D eigenvalue weighted by Crippen LogP contribution is 2.25. The van der Waals surface area contributed by atoms with Crippen molar-refractivity contribution in [1.82, 2.24) is 4.90 Å². The maximum Gasteiger partial charge on any atom is 0.265 e. The molecule has 1 aromatic heterocycles. The van der Waals surface area contributed by atoms with Gasteiger partial charge in [0.1, 0.15) is 4.88 Å². The van der Waals surface area contributed by atoms with E-state index < -0.39 is 0 Å². The maximum atomic E-state index is 11.9. The minimum absolute atomic E-state index is 0.0171. The van der Waals surface area contributed by atoms with Gasteiger partial charge in [-0.25, -0.2) is 0 Å². The summed E-state index contributed by atoms with van der Waals surface area (Å²) in [6.07, 6.45) is 0.340. The Morgan fingerprint density at radius 1 is 1.71 bits per heavy atom. The van der Waals surface area contributed by atoms with Crippen LogP contribution in [0, 0.1) is 0 Å². The molecule has 1 amide bonds. The van der Waals surface area contributed by atoms with Crippen molar-refractivity contribution in [3.8, 4) is 0 Å². The average molecular weight is 276 g/mol. The summed E-state index contributed by atoms with van der Waals surface area (Å²) >= 11 is 4.76. The fraction of sp³-hybridized carbons (Fsp3) is 0.444. The van der Waals surface area contributed by atoms with Gasteiger partial charge < -0.3 is 10.0 Å². The van der Waals surface area contributed by atoms with Crippen LogP contribution in [-0.2, 0) is 0 Å². The minimum Gasteiger partial charge on any atom is -0.391 e. The van der Waals surface area contributed by atoms with Crippen LogP contribution in [0.25, 0.3) is 0 Å². The van der Waals surface area contributed by atoms with Crippen LogP contribution < -0.4 is 0 Å². The second kappa shape index (κ2) is 4.00. The molecule has 2 heterocycles. The Morgan fingerprint density at radius 3 is 3.00 bits per heavy atom. The topological polar surface area (TPSA) is 40.5 Å². The van der Waals surface area contributed by atoms with Crippen LogP contribution in [0.15, 0.2) is 15.9 Å². The molecule has 1 aliphatic rings. The van der Waals surface area contributed by atoms with Crippen LogP contribution in [0.3, 0.4) is 0 Å². The number of nitrogens with zero attached hydrogens (tertiary/aromatic N) is 1. The molecule has 0 spiro atoms. The van der Waals surface area contributed by atoms with E-state index in [0.29, 0.717) is 19.5 Å². The van der Waals surface area contributed by atoms with E-state index in [1.807, 2.05) is 11.4 Å². The third-order valence-electron chi connectivity index (χ3n) is 2.26.